The number of thiazole rings is 1. The van der Waals surface area contributed by atoms with E-state index in [1.54, 1.807) is 11.3 Å². The third-order valence-corrected chi connectivity index (χ3v) is 3.22. The maximum Gasteiger partial charge on any atom is 0.271 e. The number of aromatic nitrogens is 3. The van der Waals surface area contributed by atoms with Crippen LogP contribution in [-0.2, 0) is 6.42 Å². The van der Waals surface area contributed by atoms with Crippen molar-refractivity contribution in [3.8, 4) is 0 Å². The fourth-order valence-corrected chi connectivity index (χ4v) is 2.10. The highest BCUT2D eigenvalue weighted by Gasteiger charge is 2.07. The van der Waals surface area contributed by atoms with Crippen LogP contribution in [0, 0.1) is 6.92 Å². The molecule has 0 aliphatic rings. The summed E-state index contributed by atoms with van der Waals surface area (Å²) in [6.45, 7) is 2.47. The predicted molar refractivity (Wildman–Crippen MR) is 69.9 cm³/mol. The van der Waals surface area contributed by atoms with Crippen molar-refractivity contribution in [1.82, 2.24) is 20.5 Å². The highest BCUT2D eigenvalue weighted by molar-refractivity contribution is 7.09. The van der Waals surface area contributed by atoms with E-state index in [1.807, 2.05) is 12.3 Å². The third-order valence-electron chi connectivity index (χ3n) is 2.20. The topological polar surface area (TPSA) is 67.8 Å². The normalized spacial score (nSPS) is 10.3. The number of aryl methyl sites for hydroxylation is 1. The van der Waals surface area contributed by atoms with Gasteiger partial charge >= 0.3 is 0 Å². The van der Waals surface area contributed by atoms with Crippen LogP contribution >= 0.6 is 22.9 Å². The van der Waals surface area contributed by atoms with Gasteiger partial charge in [0, 0.05) is 18.3 Å². The Labute approximate surface area is 113 Å². The molecule has 0 aliphatic heterocycles. The Morgan fingerprint density at radius 1 is 1.44 bits per heavy atom. The van der Waals surface area contributed by atoms with Crippen molar-refractivity contribution in [3.63, 3.8) is 0 Å². The van der Waals surface area contributed by atoms with Gasteiger partial charge in [0.15, 0.2) is 10.8 Å². The molecule has 0 atom stereocenters. The first kappa shape index (κ1) is 12.9. The van der Waals surface area contributed by atoms with Crippen LogP contribution in [0.4, 0.5) is 0 Å². The minimum Gasteiger partial charge on any atom is -0.350 e. The van der Waals surface area contributed by atoms with E-state index in [1.165, 1.54) is 12.1 Å². The summed E-state index contributed by atoms with van der Waals surface area (Å²) in [5.41, 5.74) is 1.24. The summed E-state index contributed by atoms with van der Waals surface area (Å²) < 4.78 is 0. The second kappa shape index (κ2) is 5.88. The van der Waals surface area contributed by atoms with Crippen molar-refractivity contribution in [2.75, 3.05) is 6.54 Å². The predicted octanol–water partition coefficient (Wildman–Crippen LogP) is 1.87. The first-order chi connectivity index (χ1) is 8.65. The Morgan fingerprint density at radius 2 is 2.28 bits per heavy atom. The minimum absolute atomic E-state index is 0.258. The summed E-state index contributed by atoms with van der Waals surface area (Å²) in [4.78, 5) is 16.0. The number of hydrogen-bond donors (Lipinski definition) is 1. The molecule has 1 amide bonds. The molecule has 94 valence electrons. The number of carbonyl (C=O) groups excluding carboxylic acids is 1. The number of nitrogens with one attached hydrogen (secondary N) is 1. The van der Waals surface area contributed by atoms with E-state index in [-0.39, 0.29) is 16.8 Å². The molecule has 0 aliphatic carbocycles. The first-order valence-electron chi connectivity index (χ1n) is 5.33. The zero-order valence-electron chi connectivity index (χ0n) is 9.68. The van der Waals surface area contributed by atoms with Crippen LogP contribution < -0.4 is 5.32 Å². The summed E-state index contributed by atoms with van der Waals surface area (Å²) >= 11 is 7.19. The Kier molecular flexibility index (Phi) is 4.22. The molecule has 0 spiro atoms. The van der Waals surface area contributed by atoms with Crippen molar-refractivity contribution >= 4 is 28.8 Å². The Balaban J connectivity index is 1.83. The highest BCUT2D eigenvalue weighted by atomic mass is 35.5. The second-order valence-corrected chi connectivity index (χ2v) is 5.05. The molecule has 1 N–H and O–H groups in total. The monoisotopic (exact) mass is 282 g/mol. The lowest BCUT2D eigenvalue weighted by atomic mass is 10.3. The highest BCUT2D eigenvalue weighted by Crippen LogP contribution is 2.08. The molecule has 2 heterocycles. The molecule has 2 aromatic rings. The summed E-state index contributed by atoms with van der Waals surface area (Å²) in [6.07, 6.45) is 0.705. The number of rotatable bonds is 4. The molecule has 18 heavy (non-hydrogen) atoms. The Hall–Kier alpha value is -1.53. The fourth-order valence-electron chi connectivity index (χ4n) is 1.35. The van der Waals surface area contributed by atoms with Crippen LogP contribution in [-0.4, -0.2) is 27.6 Å². The standard InChI is InChI=1S/C11H11ClN4OS/c1-7-14-8(6-18-7)4-5-13-11(17)9-2-3-10(12)16-15-9/h2-3,6H,4-5H2,1H3,(H,13,17). The van der Waals surface area contributed by atoms with E-state index < -0.39 is 0 Å². The van der Waals surface area contributed by atoms with Gasteiger partial charge in [-0.1, -0.05) is 11.6 Å². The van der Waals surface area contributed by atoms with E-state index in [0.717, 1.165) is 10.7 Å². The van der Waals surface area contributed by atoms with Crippen molar-refractivity contribution in [3.05, 3.63) is 39.1 Å². The summed E-state index contributed by atoms with van der Waals surface area (Å²) in [7, 11) is 0. The third kappa shape index (κ3) is 3.48. The van der Waals surface area contributed by atoms with Crippen molar-refractivity contribution in [2.24, 2.45) is 0 Å². The summed E-state index contributed by atoms with van der Waals surface area (Å²) in [6, 6.07) is 3.07. The number of halogens is 1. The van der Waals surface area contributed by atoms with Crippen LogP contribution in [0.5, 0.6) is 0 Å². The second-order valence-electron chi connectivity index (χ2n) is 3.61. The lowest BCUT2D eigenvalue weighted by Gasteiger charge is -2.02. The van der Waals surface area contributed by atoms with Gasteiger partial charge in [0.25, 0.3) is 5.91 Å². The minimum atomic E-state index is -0.258. The van der Waals surface area contributed by atoms with Gasteiger partial charge in [0.2, 0.25) is 0 Å². The number of hydrogen-bond acceptors (Lipinski definition) is 5. The van der Waals surface area contributed by atoms with Crippen LogP contribution in [0.25, 0.3) is 0 Å². The zero-order chi connectivity index (χ0) is 13.0. The van der Waals surface area contributed by atoms with Crippen molar-refractivity contribution < 1.29 is 4.79 Å². The molecule has 0 fully saturated rings. The van der Waals surface area contributed by atoms with Crippen LogP contribution in [0.3, 0.4) is 0 Å². The molecular formula is C11H11ClN4OS. The first-order valence-corrected chi connectivity index (χ1v) is 6.59. The van der Waals surface area contributed by atoms with Gasteiger partial charge in [0.1, 0.15) is 0 Å². The molecule has 0 bridgehead atoms. The van der Waals surface area contributed by atoms with Gasteiger partial charge in [-0.25, -0.2) is 4.98 Å². The Morgan fingerprint density at radius 3 is 2.89 bits per heavy atom. The average molecular weight is 283 g/mol. The molecule has 0 saturated carbocycles. The molecule has 5 nitrogen and oxygen atoms in total. The van der Waals surface area contributed by atoms with Gasteiger partial charge in [-0.15, -0.1) is 21.5 Å². The lowest BCUT2D eigenvalue weighted by Crippen LogP contribution is -2.26. The van der Waals surface area contributed by atoms with Crippen molar-refractivity contribution in [1.29, 1.82) is 0 Å². The summed E-state index contributed by atoms with van der Waals surface area (Å²) in [5.74, 6) is -0.258. The molecular weight excluding hydrogens is 272 g/mol. The number of nitrogens with zero attached hydrogens (tertiary/aromatic N) is 3. The smallest absolute Gasteiger partial charge is 0.271 e. The van der Waals surface area contributed by atoms with Gasteiger partial charge < -0.3 is 5.32 Å². The van der Waals surface area contributed by atoms with E-state index in [4.69, 9.17) is 11.6 Å². The van der Waals surface area contributed by atoms with Crippen LogP contribution in [0.1, 0.15) is 21.2 Å². The van der Waals surface area contributed by atoms with Gasteiger partial charge in [-0.3, -0.25) is 4.79 Å². The molecule has 7 heteroatoms. The van der Waals surface area contributed by atoms with E-state index >= 15 is 0 Å². The van der Waals surface area contributed by atoms with Gasteiger partial charge in [0.05, 0.1) is 10.7 Å². The van der Waals surface area contributed by atoms with E-state index in [0.29, 0.717) is 13.0 Å². The molecule has 0 radical (unpaired) electrons. The molecule has 2 rings (SSSR count). The molecule has 0 aromatic carbocycles. The summed E-state index contributed by atoms with van der Waals surface area (Å²) in [5, 5.41) is 13.4. The van der Waals surface area contributed by atoms with E-state index in [9.17, 15) is 4.79 Å². The Bertz CT molecular complexity index is 540. The molecule has 2 aromatic heterocycles. The lowest BCUT2D eigenvalue weighted by molar-refractivity contribution is 0.0948. The van der Waals surface area contributed by atoms with Gasteiger partial charge in [-0.05, 0) is 19.1 Å². The fraction of sp³-hybridized carbons (Fsp3) is 0.273. The van der Waals surface area contributed by atoms with E-state index in [2.05, 4.69) is 20.5 Å². The van der Waals surface area contributed by atoms with Crippen LogP contribution in [0.15, 0.2) is 17.5 Å². The molecule has 0 unspecified atom stereocenters. The SMILES string of the molecule is Cc1nc(CCNC(=O)c2ccc(Cl)nn2)cs1. The largest absolute Gasteiger partial charge is 0.350 e. The van der Waals surface area contributed by atoms with Crippen LogP contribution in [0.2, 0.25) is 5.15 Å². The van der Waals surface area contributed by atoms with Gasteiger partial charge in [-0.2, -0.15) is 0 Å². The molecule has 0 saturated heterocycles. The number of amides is 1. The quantitative estimate of drug-likeness (QED) is 0.929. The zero-order valence-corrected chi connectivity index (χ0v) is 11.3. The maximum atomic E-state index is 11.7. The average Bonchev–Trinajstić information content (AvgIpc) is 2.76. The maximum absolute atomic E-state index is 11.7. The van der Waals surface area contributed by atoms with Crippen molar-refractivity contribution in [2.45, 2.75) is 13.3 Å². The number of carbonyl (C=O) groups is 1.